The lowest BCUT2D eigenvalue weighted by atomic mass is 9.81. The number of nitro benzene ring substituents is 1. The Hall–Kier alpha value is -3.50. The fourth-order valence-electron chi connectivity index (χ4n) is 5.26. The molecule has 1 heterocycles. The van der Waals surface area contributed by atoms with Gasteiger partial charge < -0.3 is 14.8 Å². The van der Waals surface area contributed by atoms with Gasteiger partial charge in [0.25, 0.3) is 11.6 Å². The Kier molecular flexibility index (Phi) is 5.57. The first kappa shape index (κ1) is 21.7. The van der Waals surface area contributed by atoms with Gasteiger partial charge in [-0.25, -0.2) is 4.79 Å². The largest absolute Gasteiger partial charge is 0.497 e. The second kappa shape index (κ2) is 8.21. The molecule has 2 bridgehead atoms. The normalized spacial score (nSPS) is 26.6. The number of carbonyl (C=O) groups is 4. The van der Waals surface area contributed by atoms with Gasteiger partial charge in [-0.05, 0) is 44.1 Å². The van der Waals surface area contributed by atoms with Crippen LogP contribution in [-0.4, -0.2) is 53.3 Å². The van der Waals surface area contributed by atoms with Gasteiger partial charge in [0.2, 0.25) is 11.8 Å². The van der Waals surface area contributed by atoms with Gasteiger partial charge in [0.1, 0.15) is 17.5 Å². The number of carbonyl (C=O) groups excluding carboxylic acids is 4. The van der Waals surface area contributed by atoms with Crippen molar-refractivity contribution in [2.24, 2.45) is 23.7 Å². The summed E-state index contributed by atoms with van der Waals surface area (Å²) in [4.78, 5) is 61.8. The molecule has 4 rings (SSSR count). The maximum atomic E-state index is 12.8. The van der Waals surface area contributed by atoms with Crippen molar-refractivity contribution in [1.29, 1.82) is 0 Å². The van der Waals surface area contributed by atoms with E-state index < -0.39 is 29.4 Å². The van der Waals surface area contributed by atoms with Gasteiger partial charge >= 0.3 is 5.97 Å². The van der Waals surface area contributed by atoms with Crippen molar-refractivity contribution in [1.82, 2.24) is 4.90 Å². The maximum absolute atomic E-state index is 12.8. The molecule has 0 radical (unpaired) electrons. The summed E-state index contributed by atoms with van der Waals surface area (Å²) in [6, 6.07) is 2.67. The Morgan fingerprint density at radius 1 is 1.22 bits per heavy atom. The number of nitro groups is 1. The van der Waals surface area contributed by atoms with E-state index in [2.05, 4.69) is 5.32 Å². The number of imide groups is 1. The topological polar surface area (TPSA) is 145 Å². The molecule has 1 aliphatic heterocycles. The molecule has 1 aromatic carbocycles. The van der Waals surface area contributed by atoms with E-state index in [1.54, 1.807) is 0 Å². The van der Waals surface area contributed by atoms with Gasteiger partial charge in [-0.15, -0.1) is 0 Å². The Labute approximate surface area is 183 Å². The highest BCUT2D eigenvalue weighted by Gasteiger charge is 2.62. The van der Waals surface area contributed by atoms with Gasteiger partial charge in [-0.2, -0.15) is 0 Å². The smallest absolute Gasteiger partial charge is 0.329 e. The van der Waals surface area contributed by atoms with Crippen LogP contribution in [0.25, 0.3) is 0 Å². The van der Waals surface area contributed by atoms with Crippen molar-refractivity contribution < 1.29 is 33.6 Å². The van der Waals surface area contributed by atoms with Crippen molar-refractivity contribution in [2.45, 2.75) is 32.2 Å². The number of ether oxygens (including phenoxy) is 2. The number of hydrogen-bond acceptors (Lipinski definition) is 8. The first-order valence-corrected chi connectivity index (χ1v) is 10.4. The van der Waals surface area contributed by atoms with Crippen molar-refractivity contribution >= 4 is 35.1 Å². The zero-order valence-electron chi connectivity index (χ0n) is 17.6. The van der Waals surface area contributed by atoms with Gasteiger partial charge in [0.05, 0.1) is 23.9 Å². The molecule has 3 aliphatic rings. The predicted octanol–water partition coefficient (Wildman–Crippen LogP) is 1.50. The summed E-state index contributed by atoms with van der Waals surface area (Å²) >= 11 is 0. The summed E-state index contributed by atoms with van der Waals surface area (Å²) in [6.45, 7) is 0.664. The number of amides is 3. The summed E-state index contributed by atoms with van der Waals surface area (Å²) in [5.41, 5.74) is -0.468. The Morgan fingerprint density at radius 2 is 1.84 bits per heavy atom. The maximum Gasteiger partial charge on any atom is 0.329 e. The zero-order valence-corrected chi connectivity index (χ0v) is 17.6. The molecule has 2 aliphatic carbocycles. The molecule has 2 saturated carbocycles. The minimum absolute atomic E-state index is 0.114. The molecule has 5 atom stereocenters. The second-order valence-corrected chi connectivity index (χ2v) is 8.40. The van der Waals surface area contributed by atoms with Crippen molar-refractivity contribution in [3.8, 4) is 5.75 Å². The highest BCUT2D eigenvalue weighted by Crippen LogP contribution is 2.56. The van der Waals surface area contributed by atoms with Gasteiger partial charge in [0.15, 0.2) is 6.61 Å². The minimum Gasteiger partial charge on any atom is -0.497 e. The number of methoxy groups -OCH3 is 1. The average molecular weight is 445 g/mol. The van der Waals surface area contributed by atoms with Crippen LogP contribution in [0, 0.1) is 33.8 Å². The third-order valence-electron chi connectivity index (χ3n) is 6.71. The molecule has 11 nitrogen and oxygen atoms in total. The Balaban J connectivity index is 1.37. The molecule has 1 saturated heterocycles. The second-order valence-electron chi connectivity index (χ2n) is 8.40. The number of hydrogen-bond donors (Lipinski definition) is 1. The number of nitrogens with zero attached hydrogens (tertiary/aromatic N) is 2. The molecule has 1 aromatic rings. The quantitative estimate of drug-likeness (QED) is 0.288. The molecule has 3 fully saturated rings. The van der Waals surface area contributed by atoms with Crippen LogP contribution in [0.1, 0.15) is 26.2 Å². The number of likely N-dealkylation sites (tertiary alicyclic amines) is 1. The van der Waals surface area contributed by atoms with Gasteiger partial charge in [-0.3, -0.25) is 29.4 Å². The van der Waals surface area contributed by atoms with Crippen LogP contribution >= 0.6 is 0 Å². The molecule has 170 valence electrons. The molecule has 3 amide bonds. The number of fused-ring (bicyclic) bond motifs is 5. The van der Waals surface area contributed by atoms with Crippen LogP contribution in [0.3, 0.4) is 0 Å². The van der Waals surface area contributed by atoms with E-state index in [-0.39, 0.29) is 46.9 Å². The molecule has 1 N–H and O–H groups in total. The van der Waals surface area contributed by atoms with Gasteiger partial charge in [-0.1, -0.05) is 0 Å². The van der Waals surface area contributed by atoms with Crippen molar-refractivity contribution in [3.63, 3.8) is 0 Å². The van der Waals surface area contributed by atoms with E-state index in [4.69, 9.17) is 9.47 Å². The van der Waals surface area contributed by atoms with Crippen LogP contribution < -0.4 is 10.1 Å². The van der Waals surface area contributed by atoms with Crippen LogP contribution in [0.15, 0.2) is 18.2 Å². The minimum atomic E-state index is -1.15. The van der Waals surface area contributed by atoms with Crippen LogP contribution in [0.5, 0.6) is 5.75 Å². The number of esters is 1. The molecule has 0 unspecified atom stereocenters. The fourth-order valence-corrected chi connectivity index (χ4v) is 5.26. The van der Waals surface area contributed by atoms with Crippen molar-refractivity contribution in [2.75, 3.05) is 19.0 Å². The van der Waals surface area contributed by atoms with E-state index in [0.29, 0.717) is 5.75 Å². The fraction of sp³-hybridized carbons (Fsp3) is 0.524. The highest BCUT2D eigenvalue weighted by atomic mass is 16.6. The first-order valence-electron chi connectivity index (χ1n) is 10.4. The highest BCUT2D eigenvalue weighted by molar-refractivity contribution is 6.08. The molecule has 32 heavy (non-hydrogen) atoms. The molecule has 0 spiro atoms. The van der Waals surface area contributed by atoms with E-state index in [0.717, 1.165) is 24.2 Å². The number of anilines is 1. The number of nitrogens with one attached hydrogen (secondary N) is 1. The summed E-state index contributed by atoms with van der Waals surface area (Å²) in [6.07, 6.45) is 2.73. The van der Waals surface area contributed by atoms with E-state index in [9.17, 15) is 29.3 Å². The SMILES string of the molecule is COc1ccc([N+](=O)[O-])c(NC(=O)COC(=O)[C@@H](C)N2C(=O)[C@@H]3[C@H]4CC[C@@H](C4)[C@@H]3C2=O)c1. The molecular weight excluding hydrogens is 422 g/mol. The lowest BCUT2D eigenvalue weighted by Crippen LogP contribution is -2.45. The van der Waals surface area contributed by atoms with E-state index in [1.165, 1.54) is 32.2 Å². The predicted molar refractivity (Wildman–Crippen MR) is 108 cm³/mol. The third-order valence-corrected chi connectivity index (χ3v) is 6.71. The van der Waals surface area contributed by atoms with E-state index >= 15 is 0 Å². The summed E-state index contributed by atoms with van der Waals surface area (Å²) < 4.78 is 10.00. The summed E-state index contributed by atoms with van der Waals surface area (Å²) in [5, 5.41) is 13.5. The summed E-state index contributed by atoms with van der Waals surface area (Å²) in [7, 11) is 1.37. The van der Waals surface area contributed by atoms with E-state index in [1.807, 2.05) is 0 Å². The first-order chi connectivity index (χ1) is 15.2. The Bertz CT molecular complexity index is 981. The molecule has 0 aromatic heterocycles. The third kappa shape index (κ3) is 3.57. The van der Waals surface area contributed by atoms with Crippen molar-refractivity contribution in [3.05, 3.63) is 28.3 Å². The average Bonchev–Trinajstić information content (AvgIpc) is 3.45. The number of rotatable bonds is 7. The van der Waals surface area contributed by atoms with Gasteiger partial charge in [0, 0.05) is 12.1 Å². The molecule has 11 heteroatoms. The Morgan fingerprint density at radius 3 is 2.41 bits per heavy atom. The molecular formula is C21H23N3O8. The number of benzene rings is 1. The van der Waals surface area contributed by atoms with Crippen LogP contribution in [0.2, 0.25) is 0 Å². The standard InChI is InChI=1S/C21H23N3O8/c1-10(23-19(26)17-11-3-4-12(7-11)18(17)20(23)27)21(28)32-9-16(25)22-14-8-13(31-2)5-6-15(14)24(29)30/h5-6,8,10-12,17-18H,3-4,7,9H2,1-2H3,(H,22,25)/t10-,11+,12+,17-,18+/m1/s1. The monoisotopic (exact) mass is 445 g/mol. The van der Waals surface area contributed by atoms with Crippen LogP contribution in [0.4, 0.5) is 11.4 Å². The summed E-state index contributed by atoms with van der Waals surface area (Å²) in [5.74, 6) is -2.41. The zero-order chi connectivity index (χ0) is 23.2. The lowest BCUT2D eigenvalue weighted by Gasteiger charge is -2.23. The lowest BCUT2D eigenvalue weighted by molar-refractivity contribution is -0.383. The van der Waals surface area contributed by atoms with Crippen LogP contribution in [-0.2, 0) is 23.9 Å².